The summed E-state index contributed by atoms with van der Waals surface area (Å²) in [6.45, 7) is 7.03. The standard InChI is InChI=1S/C17H23NO4/c1-4-12(2)17(20)21-11-14-6-5-9-18(10-14)16(19)15-8-7-13(3)22-15/h4,7-8,14H,5-6,9-11H2,1-3H3/b12-4+. The summed E-state index contributed by atoms with van der Waals surface area (Å²) in [7, 11) is 0. The molecule has 0 saturated carbocycles. The summed E-state index contributed by atoms with van der Waals surface area (Å²) in [6.07, 6.45) is 3.61. The molecule has 0 radical (unpaired) electrons. The molecule has 1 saturated heterocycles. The Morgan fingerprint density at radius 2 is 2.23 bits per heavy atom. The second-order valence-electron chi connectivity index (χ2n) is 5.74. The van der Waals surface area contributed by atoms with Gasteiger partial charge in [-0.2, -0.15) is 0 Å². The van der Waals surface area contributed by atoms with Crippen LogP contribution < -0.4 is 0 Å². The van der Waals surface area contributed by atoms with E-state index in [0.29, 0.717) is 24.5 Å². The van der Waals surface area contributed by atoms with Gasteiger partial charge in [-0.15, -0.1) is 0 Å². The summed E-state index contributed by atoms with van der Waals surface area (Å²) in [5.74, 6) is 0.913. The monoisotopic (exact) mass is 305 g/mol. The molecule has 0 aliphatic carbocycles. The van der Waals surface area contributed by atoms with Gasteiger partial charge in [-0.3, -0.25) is 4.79 Å². The molecule has 2 rings (SSSR count). The second-order valence-corrected chi connectivity index (χ2v) is 5.74. The predicted octanol–water partition coefficient (Wildman–Crippen LogP) is 2.95. The van der Waals surface area contributed by atoms with Crippen LogP contribution in [0.15, 0.2) is 28.2 Å². The summed E-state index contributed by atoms with van der Waals surface area (Å²) >= 11 is 0. The molecule has 0 bridgehead atoms. The van der Waals surface area contributed by atoms with Gasteiger partial charge in [-0.1, -0.05) is 6.08 Å². The molecule has 0 aromatic carbocycles. The Morgan fingerprint density at radius 1 is 1.45 bits per heavy atom. The third-order valence-corrected chi connectivity index (χ3v) is 3.96. The average molecular weight is 305 g/mol. The number of carbonyl (C=O) groups excluding carboxylic acids is 2. The Labute approximate surface area is 130 Å². The van der Waals surface area contributed by atoms with E-state index < -0.39 is 0 Å². The van der Waals surface area contributed by atoms with E-state index in [2.05, 4.69) is 0 Å². The van der Waals surface area contributed by atoms with Crippen molar-refractivity contribution in [2.24, 2.45) is 5.92 Å². The maximum atomic E-state index is 12.4. The topological polar surface area (TPSA) is 59.8 Å². The highest BCUT2D eigenvalue weighted by atomic mass is 16.5. The smallest absolute Gasteiger partial charge is 0.333 e. The van der Waals surface area contributed by atoms with Gasteiger partial charge in [0.2, 0.25) is 0 Å². The third kappa shape index (κ3) is 4.00. The molecule has 1 atom stereocenters. The first-order chi connectivity index (χ1) is 10.5. The van der Waals surface area contributed by atoms with Gasteiger partial charge in [0.05, 0.1) is 6.61 Å². The van der Waals surface area contributed by atoms with Crippen LogP contribution in [-0.4, -0.2) is 36.5 Å². The van der Waals surface area contributed by atoms with Gasteiger partial charge >= 0.3 is 5.97 Å². The highest BCUT2D eigenvalue weighted by molar-refractivity contribution is 5.91. The third-order valence-electron chi connectivity index (χ3n) is 3.96. The molecular formula is C17H23NO4. The molecule has 1 aromatic heterocycles. The Hall–Kier alpha value is -2.04. The van der Waals surface area contributed by atoms with E-state index in [1.807, 2.05) is 13.8 Å². The molecule has 5 nitrogen and oxygen atoms in total. The first kappa shape index (κ1) is 16.3. The summed E-state index contributed by atoms with van der Waals surface area (Å²) in [5, 5.41) is 0. The molecular weight excluding hydrogens is 282 g/mol. The lowest BCUT2D eigenvalue weighted by Gasteiger charge is -2.31. The fraction of sp³-hybridized carbons (Fsp3) is 0.529. The zero-order valence-corrected chi connectivity index (χ0v) is 13.4. The fourth-order valence-corrected chi connectivity index (χ4v) is 2.52. The number of esters is 1. The van der Waals surface area contributed by atoms with Gasteiger partial charge in [0.1, 0.15) is 5.76 Å². The highest BCUT2D eigenvalue weighted by Crippen LogP contribution is 2.20. The van der Waals surface area contributed by atoms with Crippen molar-refractivity contribution in [2.75, 3.05) is 19.7 Å². The summed E-state index contributed by atoms with van der Waals surface area (Å²) in [4.78, 5) is 25.8. The van der Waals surface area contributed by atoms with E-state index >= 15 is 0 Å². The largest absolute Gasteiger partial charge is 0.462 e. The molecule has 1 aromatic rings. The fourth-order valence-electron chi connectivity index (χ4n) is 2.52. The Bertz CT molecular complexity index is 573. The molecule has 22 heavy (non-hydrogen) atoms. The molecule has 1 amide bonds. The van der Waals surface area contributed by atoms with Gasteiger partial charge in [0.15, 0.2) is 5.76 Å². The van der Waals surface area contributed by atoms with Gasteiger partial charge in [0, 0.05) is 24.6 Å². The van der Waals surface area contributed by atoms with Crippen LogP contribution in [0.4, 0.5) is 0 Å². The van der Waals surface area contributed by atoms with Gasteiger partial charge in [-0.05, 0) is 45.7 Å². The lowest BCUT2D eigenvalue weighted by atomic mass is 9.99. The minimum Gasteiger partial charge on any atom is -0.462 e. The summed E-state index contributed by atoms with van der Waals surface area (Å²) in [5.41, 5.74) is 0.606. The number of piperidine rings is 1. The molecule has 120 valence electrons. The maximum Gasteiger partial charge on any atom is 0.333 e. The number of rotatable bonds is 4. The van der Waals surface area contributed by atoms with Crippen molar-refractivity contribution in [1.29, 1.82) is 0 Å². The molecule has 0 spiro atoms. The van der Waals surface area contributed by atoms with Crippen molar-refractivity contribution >= 4 is 11.9 Å². The molecule has 1 aliphatic rings. The van der Waals surface area contributed by atoms with Crippen LogP contribution in [-0.2, 0) is 9.53 Å². The molecule has 1 fully saturated rings. The Balaban J connectivity index is 1.89. The van der Waals surface area contributed by atoms with E-state index in [-0.39, 0.29) is 17.8 Å². The van der Waals surface area contributed by atoms with E-state index in [1.165, 1.54) is 0 Å². The highest BCUT2D eigenvalue weighted by Gasteiger charge is 2.27. The van der Waals surface area contributed by atoms with Crippen LogP contribution in [0, 0.1) is 12.8 Å². The van der Waals surface area contributed by atoms with Crippen molar-refractivity contribution in [3.8, 4) is 0 Å². The van der Waals surface area contributed by atoms with E-state index in [0.717, 1.165) is 25.1 Å². The number of allylic oxidation sites excluding steroid dienone is 1. The summed E-state index contributed by atoms with van der Waals surface area (Å²) < 4.78 is 10.7. The van der Waals surface area contributed by atoms with Crippen LogP contribution in [0.25, 0.3) is 0 Å². The van der Waals surface area contributed by atoms with Crippen molar-refractivity contribution in [3.05, 3.63) is 35.3 Å². The first-order valence-electron chi connectivity index (χ1n) is 7.67. The normalized spacial score (nSPS) is 19.1. The van der Waals surface area contributed by atoms with Gasteiger partial charge < -0.3 is 14.1 Å². The zero-order chi connectivity index (χ0) is 16.1. The van der Waals surface area contributed by atoms with Crippen molar-refractivity contribution < 1.29 is 18.7 Å². The van der Waals surface area contributed by atoms with E-state index in [4.69, 9.17) is 9.15 Å². The van der Waals surface area contributed by atoms with E-state index in [1.54, 1.807) is 30.0 Å². The number of nitrogens with zero attached hydrogens (tertiary/aromatic N) is 1. The number of hydrogen-bond acceptors (Lipinski definition) is 4. The van der Waals surface area contributed by atoms with Crippen LogP contribution >= 0.6 is 0 Å². The maximum absolute atomic E-state index is 12.4. The minimum atomic E-state index is -0.285. The lowest BCUT2D eigenvalue weighted by molar-refractivity contribution is -0.140. The number of likely N-dealkylation sites (tertiary alicyclic amines) is 1. The SMILES string of the molecule is C/C=C(\C)C(=O)OCC1CCCN(C(=O)c2ccc(C)o2)C1. The number of carbonyl (C=O) groups is 2. The van der Waals surface area contributed by atoms with E-state index in [9.17, 15) is 9.59 Å². The summed E-state index contributed by atoms with van der Waals surface area (Å²) in [6, 6.07) is 3.49. The molecule has 2 heterocycles. The Kier molecular flexibility index (Phi) is 5.41. The van der Waals surface area contributed by atoms with Crippen LogP contribution in [0.5, 0.6) is 0 Å². The Morgan fingerprint density at radius 3 is 2.86 bits per heavy atom. The van der Waals surface area contributed by atoms with Gasteiger partial charge in [0.25, 0.3) is 5.91 Å². The van der Waals surface area contributed by atoms with Crippen molar-refractivity contribution in [3.63, 3.8) is 0 Å². The van der Waals surface area contributed by atoms with Crippen molar-refractivity contribution in [1.82, 2.24) is 4.90 Å². The predicted molar refractivity (Wildman–Crippen MR) is 82.5 cm³/mol. The minimum absolute atomic E-state index is 0.0891. The van der Waals surface area contributed by atoms with Crippen LogP contribution in [0.2, 0.25) is 0 Å². The van der Waals surface area contributed by atoms with Crippen LogP contribution in [0.1, 0.15) is 43.0 Å². The molecule has 1 aliphatic heterocycles. The first-order valence-corrected chi connectivity index (χ1v) is 7.67. The second kappa shape index (κ2) is 7.29. The quantitative estimate of drug-likeness (QED) is 0.634. The molecule has 5 heteroatoms. The zero-order valence-electron chi connectivity index (χ0n) is 13.4. The van der Waals surface area contributed by atoms with Crippen molar-refractivity contribution in [2.45, 2.75) is 33.6 Å². The molecule has 1 unspecified atom stereocenters. The molecule has 0 N–H and O–H groups in total. The number of amides is 1. The lowest BCUT2D eigenvalue weighted by Crippen LogP contribution is -2.41. The number of ether oxygens (including phenoxy) is 1. The number of furan rings is 1. The average Bonchev–Trinajstić information content (AvgIpc) is 2.97. The number of hydrogen-bond donors (Lipinski definition) is 0. The number of aryl methyl sites for hydroxylation is 1. The van der Waals surface area contributed by atoms with Gasteiger partial charge in [-0.25, -0.2) is 4.79 Å². The van der Waals surface area contributed by atoms with Crippen LogP contribution in [0.3, 0.4) is 0 Å².